The van der Waals surface area contributed by atoms with Gasteiger partial charge in [0.25, 0.3) is 0 Å². The van der Waals surface area contributed by atoms with Crippen molar-refractivity contribution in [2.45, 2.75) is 37.4 Å². The lowest BCUT2D eigenvalue weighted by Crippen LogP contribution is -2.52. The fraction of sp³-hybridized carbons (Fsp3) is 0.333. The number of carboxylic acid groups (broad SMARTS) is 2. The number of amides is 2. The van der Waals surface area contributed by atoms with E-state index in [0.717, 1.165) is 10.9 Å². The van der Waals surface area contributed by atoms with Crippen LogP contribution in [0.2, 0.25) is 0 Å². The molecule has 7 N–H and O–H groups in total. The van der Waals surface area contributed by atoms with E-state index in [1.54, 1.807) is 0 Å². The van der Waals surface area contributed by atoms with Crippen LogP contribution in [0.25, 0.3) is 10.9 Å². The number of para-hydroxylation sites is 1. The van der Waals surface area contributed by atoms with Gasteiger partial charge in [-0.1, -0.05) is 18.2 Å². The molecule has 0 spiro atoms. The molecule has 1 aromatic carbocycles. The van der Waals surface area contributed by atoms with Gasteiger partial charge in [-0.3, -0.25) is 19.7 Å². The van der Waals surface area contributed by atoms with Gasteiger partial charge in [-0.05, 0) is 18.1 Å². The predicted molar refractivity (Wildman–Crippen MR) is 97.3 cm³/mol. The minimum atomic E-state index is -1.32. The number of aliphatic carboxylic acids is 2. The van der Waals surface area contributed by atoms with Crippen LogP contribution in [0.5, 0.6) is 0 Å². The molecule has 28 heavy (non-hydrogen) atoms. The van der Waals surface area contributed by atoms with Crippen molar-refractivity contribution in [3.8, 4) is 0 Å². The normalized spacial score (nSPS) is 19.6. The van der Waals surface area contributed by atoms with Crippen molar-refractivity contribution < 1.29 is 29.4 Å². The van der Waals surface area contributed by atoms with Gasteiger partial charge < -0.3 is 26.2 Å². The van der Waals surface area contributed by atoms with Gasteiger partial charge in [0, 0.05) is 29.4 Å². The van der Waals surface area contributed by atoms with Gasteiger partial charge in [0.1, 0.15) is 18.1 Å². The van der Waals surface area contributed by atoms with E-state index in [9.17, 15) is 29.4 Å². The maximum Gasteiger partial charge on any atom is 0.326 e. The van der Waals surface area contributed by atoms with Crippen molar-refractivity contribution >= 4 is 34.7 Å². The molecule has 2 aromatic rings. The molecule has 2 amide bonds. The summed E-state index contributed by atoms with van der Waals surface area (Å²) in [5.74, 6) is -3.80. The molecule has 3 rings (SSSR count). The van der Waals surface area contributed by atoms with Crippen LogP contribution in [0.15, 0.2) is 24.3 Å². The van der Waals surface area contributed by atoms with E-state index in [2.05, 4.69) is 15.6 Å². The number of benzene rings is 1. The first-order chi connectivity index (χ1) is 13.3. The highest BCUT2D eigenvalue weighted by molar-refractivity contribution is 5.93. The Bertz CT molecular complexity index is 953. The number of hydrogen-bond donors (Lipinski definition) is 6. The second-order valence-electron chi connectivity index (χ2n) is 6.66. The van der Waals surface area contributed by atoms with Crippen LogP contribution in [0.1, 0.15) is 30.1 Å². The maximum atomic E-state index is 12.8. The largest absolute Gasteiger partial charge is 0.480 e. The molecule has 1 aromatic heterocycles. The molecule has 148 valence electrons. The lowest BCUT2D eigenvalue weighted by Gasteiger charge is -2.29. The zero-order chi connectivity index (χ0) is 20.4. The number of primary amides is 1. The standard InChI is InChI=1S/C18H20N4O6/c19-13(23)6-5-11(17(25)26)22-16(24)15-14-9(7-12(21-15)18(27)28)8-3-1-2-4-10(8)20-14/h1-4,11-12,15,20-21H,5-7H2,(H2,19,23)(H,22,24)(H,25,26)(H,27,28)/t11-,12-,15?/m0/s1. The number of carbonyl (C=O) groups is 4. The number of carbonyl (C=O) groups excluding carboxylic acids is 2. The Kier molecular flexibility index (Phi) is 5.32. The van der Waals surface area contributed by atoms with Crippen LogP contribution in [-0.4, -0.2) is 51.0 Å². The van der Waals surface area contributed by atoms with Gasteiger partial charge in [-0.25, -0.2) is 4.79 Å². The zero-order valence-electron chi connectivity index (χ0n) is 14.8. The van der Waals surface area contributed by atoms with Crippen molar-refractivity contribution in [3.63, 3.8) is 0 Å². The number of hydrogen-bond acceptors (Lipinski definition) is 5. The Morgan fingerprint density at radius 3 is 2.57 bits per heavy atom. The molecular weight excluding hydrogens is 368 g/mol. The molecule has 3 atom stereocenters. The number of nitrogens with two attached hydrogens (primary N) is 1. The van der Waals surface area contributed by atoms with Crippen molar-refractivity contribution in [1.29, 1.82) is 0 Å². The molecule has 0 fully saturated rings. The molecule has 1 unspecified atom stereocenters. The summed E-state index contributed by atoms with van der Waals surface area (Å²) in [4.78, 5) is 49.8. The Hall–Kier alpha value is -3.40. The molecule has 0 radical (unpaired) electrons. The highest BCUT2D eigenvalue weighted by Gasteiger charge is 2.37. The molecule has 1 aliphatic heterocycles. The molecular formula is C18H20N4O6. The summed E-state index contributed by atoms with van der Waals surface area (Å²) in [5.41, 5.74) is 6.99. The third-order valence-electron chi connectivity index (χ3n) is 4.77. The number of fused-ring (bicyclic) bond motifs is 3. The van der Waals surface area contributed by atoms with E-state index < -0.39 is 41.9 Å². The van der Waals surface area contributed by atoms with Gasteiger partial charge in [0.15, 0.2) is 0 Å². The summed E-state index contributed by atoms with van der Waals surface area (Å²) < 4.78 is 0. The highest BCUT2D eigenvalue weighted by Crippen LogP contribution is 2.32. The van der Waals surface area contributed by atoms with Gasteiger partial charge in [-0.15, -0.1) is 0 Å². The SMILES string of the molecule is NC(=O)CC[C@H](NC(=O)C1N[C@H](C(=O)O)Cc2c1[nH]c1ccccc21)C(=O)O. The summed E-state index contributed by atoms with van der Waals surface area (Å²) >= 11 is 0. The highest BCUT2D eigenvalue weighted by atomic mass is 16.4. The average Bonchev–Trinajstić information content (AvgIpc) is 3.02. The molecule has 2 heterocycles. The maximum absolute atomic E-state index is 12.8. The quantitative estimate of drug-likeness (QED) is 0.375. The van der Waals surface area contributed by atoms with E-state index >= 15 is 0 Å². The van der Waals surface area contributed by atoms with Crippen molar-refractivity contribution in [2.75, 3.05) is 0 Å². The summed E-state index contributed by atoms with van der Waals surface area (Å²) in [6.07, 6.45) is -0.182. The van der Waals surface area contributed by atoms with Gasteiger partial charge in [0.2, 0.25) is 11.8 Å². The Morgan fingerprint density at radius 2 is 1.93 bits per heavy atom. The van der Waals surface area contributed by atoms with Crippen molar-refractivity contribution in [3.05, 3.63) is 35.5 Å². The van der Waals surface area contributed by atoms with Gasteiger partial charge >= 0.3 is 11.9 Å². The Labute approximate surface area is 159 Å². The minimum Gasteiger partial charge on any atom is -0.480 e. The molecule has 0 saturated carbocycles. The van der Waals surface area contributed by atoms with Crippen LogP contribution in [0.4, 0.5) is 0 Å². The lowest BCUT2D eigenvalue weighted by atomic mass is 9.93. The fourth-order valence-corrected chi connectivity index (χ4v) is 3.40. The third-order valence-corrected chi connectivity index (χ3v) is 4.77. The Balaban J connectivity index is 1.91. The Morgan fingerprint density at radius 1 is 1.21 bits per heavy atom. The van der Waals surface area contributed by atoms with E-state index in [1.165, 1.54) is 0 Å². The van der Waals surface area contributed by atoms with Crippen LogP contribution >= 0.6 is 0 Å². The number of H-pyrrole nitrogens is 1. The number of carboxylic acids is 2. The van der Waals surface area contributed by atoms with Gasteiger partial charge in [0.05, 0.1) is 0 Å². The molecule has 0 aliphatic carbocycles. The monoisotopic (exact) mass is 388 g/mol. The van der Waals surface area contributed by atoms with Crippen LogP contribution in [-0.2, 0) is 25.6 Å². The van der Waals surface area contributed by atoms with E-state index in [1.807, 2.05) is 24.3 Å². The first-order valence-electron chi connectivity index (χ1n) is 8.67. The van der Waals surface area contributed by atoms with E-state index in [-0.39, 0.29) is 19.3 Å². The summed E-state index contributed by atoms with van der Waals surface area (Å²) in [6.45, 7) is 0. The zero-order valence-corrected chi connectivity index (χ0v) is 14.8. The van der Waals surface area contributed by atoms with Crippen molar-refractivity contribution in [2.24, 2.45) is 5.73 Å². The average molecular weight is 388 g/mol. The number of nitrogens with one attached hydrogen (secondary N) is 3. The number of rotatable bonds is 7. The molecule has 0 saturated heterocycles. The van der Waals surface area contributed by atoms with E-state index in [4.69, 9.17) is 5.73 Å². The predicted octanol–water partition coefficient (Wildman–Crippen LogP) is -0.357. The van der Waals surface area contributed by atoms with Gasteiger partial charge in [-0.2, -0.15) is 0 Å². The topological polar surface area (TPSA) is 175 Å². The summed E-state index contributed by atoms with van der Waals surface area (Å²) in [5, 5.41) is 24.7. The van der Waals surface area contributed by atoms with E-state index in [0.29, 0.717) is 11.3 Å². The van der Waals surface area contributed by atoms with Crippen molar-refractivity contribution in [1.82, 2.24) is 15.6 Å². The third kappa shape index (κ3) is 3.81. The first kappa shape index (κ1) is 19.4. The van der Waals surface area contributed by atoms with Crippen LogP contribution in [0.3, 0.4) is 0 Å². The molecule has 1 aliphatic rings. The minimum absolute atomic E-state index is 0.162. The number of aromatic amines is 1. The van der Waals surface area contributed by atoms with Crippen LogP contribution in [0, 0.1) is 0 Å². The smallest absolute Gasteiger partial charge is 0.326 e. The fourth-order valence-electron chi connectivity index (χ4n) is 3.40. The second kappa shape index (κ2) is 7.69. The molecule has 0 bridgehead atoms. The molecule has 10 nitrogen and oxygen atoms in total. The number of aromatic nitrogens is 1. The lowest BCUT2D eigenvalue weighted by molar-refractivity contribution is -0.144. The second-order valence-corrected chi connectivity index (χ2v) is 6.66. The first-order valence-corrected chi connectivity index (χ1v) is 8.67. The molecule has 10 heteroatoms. The van der Waals surface area contributed by atoms with Crippen LogP contribution < -0.4 is 16.4 Å². The summed E-state index contributed by atoms with van der Waals surface area (Å²) in [6, 6.07) is 3.87. The summed E-state index contributed by atoms with van der Waals surface area (Å²) in [7, 11) is 0.